The summed E-state index contributed by atoms with van der Waals surface area (Å²) >= 11 is 5.79. The highest BCUT2D eigenvalue weighted by Crippen LogP contribution is 2.33. The summed E-state index contributed by atoms with van der Waals surface area (Å²) in [7, 11) is 0. The van der Waals surface area contributed by atoms with Gasteiger partial charge >= 0.3 is 0 Å². The number of anilines is 1. The maximum atomic E-state index is 11.7. The van der Waals surface area contributed by atoms with Crippen LogP contribution in [-0.4, -0.2) is 23.4 Å². The third kappa shape index (κ3) is 2.22. The minimum atomic E-state index is -0.539. The van der Waals surface area contributed by atoms with Gasteiger partial charge in [0.05, 0.1) is 4.92 Å². The van der Waals surface area contributed by atoms with Crippen LogP contribution in [0, 0.1) is 10.1 Å². The molecule has 17 heavy (non-hydrogen) atoms. The van der Waals surface area contributed by atoms with E-state index in [1.165, 1.54) is 23.1 Å². The van der Waals surface area contributed by atoms with Gasteiger partial charge in [-0.25, -0.2) is 0 Å². The highest BCUT2D eigenvalue weighted by molar-refractivity contribution is 6.31. The molecule has 2 N–H and O–H groups in total. The van der Waals surface area contributed by atoms with E-state index in [4.69, 9.17) is 17.3 Å². The topological polar surface area (TPSA) is 89.5 Å². The molecule has 0 radical (unpaired) electrons. The number of amides is 1. The van der Waals surface area contributed by atoms with E-state index in [2.05, 4.69) is 0 Å². The average molecular weight is 256 g/mol. The lowest BCUT2D eigenvalue weighted by atomic mass is 10.2. The van der Waals surface area contributed by atoms with Gasteiger partial charge in [0, 0.05) is 30.1 Å². The summed E-state index contributed by atoms with van der Waals surface area (Å²) in [4.78, 5) is 23.3. The van der Waals surface area contributed by atoms with Crippen LogP contribution in [0.25, 0.3) is 0 Å². The van der Waals surface area contributed by atoms with Crippen molar-refractivity contribution in [1.82, 2.24) is 0 Å². The summed E-state index contributed by atoms with van der Waals surface area (Å²) < 4.78 is 0. The van der Waals surface area contributed by atoms with Gasteiger partial charge in [-0.2, -0.15) is 0 Å². The molecule has 1 aliphatic rings. The number of carbonyl (C=O) groups excluding carboxylic acids is 1. The fourth-order valence-electron chi connectivity index (χ4n) is 1.84. The third-order valence-electron chi connectivity index (χ3n) is 2.58. The predicted molar refractivity (Wildman–Crippen MR) is 63.1 cm³/mol. The van der Waals surface area contributed by atoms with Gasteiger partial charge in [0.15, 0.2) is 0 Å². The van der Waals surface area contributed by atoms with Crippen LogP contribution < -0.4 is 10.6 Å². The summed E-state index contributed by atoms with van der Waals surface area (Å²) in [6.45, 7) is 0.278. The lowest BCUT2D eigenvalue weighted by molar-refractivity contribution is -0.384. The second kappa shape index (κ2) is 4.31. The van der Waals surface area contributed by atoms with Crippen LogP contribution in [0.4, 0.5) is 11.4 Å². The van der Waals surface area contributed by atoms with Crippen molar-refractivity contribution in [2.75, 3.05) is 11.4 Å². The summed E-state index contributed by atoms with van der Waals surface area (Å²) in [6, 6.07) is 3.83. The molecule has 90 valence electrons. The van der Waals surface area contributed by atoms with E-state index in [-0.39, 0.29) is 36.3 Å². The lowest BCUT2D eigenvalue weighted by Crippen LogP contribution is -2.28. The second-order valence-corrected chi connectivity index (χ2v) is 4.30. The molecule has 1 fully saturated rings. The first-order valence-corrected chi connectivity index (χ1v) is 5.36. The Balaban J connectivity index is 2.46. The van der Waals surface area contributed by atoms with E-state index in [0.29, 0.717) is 5.02 Å². The number of nitrogens with zero attached hydrogens (tertiary/aromatic N) is 2. The molecule has 1 heterocycles. The van der Waals surface area contributed by atoms with Gasteiger partial charge in [0.25, 0.3) is 5.69 Å². The summed E-state index contributed by atoms with van der Waals surface area (Å²) in [6.07, 6.45) is 0.198. The fourth-order valence-corrected chi connectivity index (χ4v) is 2.00. The van der Waals surface area contributed by atoms with Crippen molar-refractivity contribution in [3.63, 3.8) is 0 Å². The predicted octanol–water partition coefficient (Wildman–Crippen LogP) is 1.31. The first-order chi connectivity index (χ1) is 7.99. The average Bonchev–Trinajstić information content (AvgIpc) is 2.57. The molecule has 1 amide bonds. The number of nitrogens with two attached hydrogens (primary N) is 1. The standard InChI is InChI=1S/C10H10ClN3O3/c11-6-1-2-8(14(16)17)9(3-6)13-5-7(12)4-10(13)15/h1-3,7H,4-5,12H2. The van der Waals surface area contributed by atoms with Crippen LogP contribution in [0.5, 0.6) is 0 Å². The Morgan fingerprint density at radius 2 is 2.24 bits per heavy atom. The number of halogens is 1. The largest absolute Gasteiger partial charge is 0.326 e. The molecule has 1 aliphatic heterocycles. The minimum Gasteiger partial charge on any atom is -0.326 e. The van der Waals surface area contributed by atoms with Crippen molar-refractivity contribution in [2.24, 2.45) is 5.73 Å². The lowest BCUT2D eigenvalue weighted by Gasteiger charge is -2.16. The molecule has 1 atom stereocenters. The first kappa shape index (κ1) is 11.8. The highest BCUT2D eigenvalue weighted by Gasteiger charge is 2.32. The van der Waals surface area contributed by atoms with Crippen molar-refractivity contribution in [2.45, 2.75) is 12.5 Å². The monoisotopic (exact) mass is 255 g/mol. The highest BCUT2D eigenvalue weighted by atomic mass is 35.5. The van der Waals surface area contributed by atoms with Crippen molar-refractivity contribution in [3.05, 3.63) is 33.3 Å². The van der Waals surface area contributed by atoms with E-state index in [0.717, 1.165) is 0 Å². The molecular formula is C10H10ClN3O3. The number of nitro benzene ring substituents is 1. The molecule has 1 aromatic rings. The molecule has 0 aliphatic carbocycles. The second-order valence-electron chi connectivity index (χ2n) is 3.86. The molecule has 2 rings (SSSR count). The number of carbonyl (C=O) groups is 1. The van der Waals surface area contributed by atoms with Crippen LogP contribution in [-0.2, 0) is 4.79 Å². The molecule has 0 saturated carbocycles. The van der Waals surface area contributed by atoms with Crippen molar-refractivity contribution in [3.8, 4) is 0 Å². The SMILES string of the molecule is NC1CC(=O)N(c2cc(Cl)ccc2[N+](=O)[O-])C1. The van der Waals surface area contributed by atoms with E-state index >= 15 is 0 Å². The third-order valence-corrected chi connectivity index (χ3v) is 2.81. The van der Waals surface area contributed by atoms with Gasteiger partial charge in [-0.3, -0.25) is 14.9 Å². The van der Waals surface area contributed by atoms with Crippen LogP contribution >= 0.6 is 11.6 Å². The summed E-state index contributed by atoms with van der Waals surface area (Å²) in [5, 5.41) is 11.2. The number of nitro groups is 1. The Hall–Kier alpha value is -1.66. The smallest absolute Gasteiger partial charge is 0.293 e. The minimum absolute atomic E-state index is 0.142. The van der Waals surface area contributed by atoms with Crippen LogP contribution in [0.15, 0.2) is 18.2 Å². The van der Waals surface area contributed by atoms with Gasteiger partial charge in [0.1, 0.15) is 5.69 Å². The molecule has 1 aromatic carbocycles. The van der Waals surface area contributed by atoms with Gasteiger partial charge in [0.2, 0.25) is 5.91 Å². The number of benzene rings is 1. The maximum absolute atomic E-state index is 11.7. The molecule has 7 heteroatoms. The fraction of sp³-hybridized carbons (Fsp3) is 0.300. The molecule has 0 aromatic heterocycles. The van der Waals surface area contributed by atoms with Gasteiger partial charge in [-0.15, -0.1) is 0 Å². The number of rotatable bonds is 2. The van der Waals surface area contributed by atoms with Crippen LogP contribution in [0.3, 0.4) is 0 Å². The van der Waals surface area contributed by atoms with E-state index in [9.17, 15) is 14.9 Å². The maximum Gasteiger partial charge on any atom is 0.293 e. The zero-order valence-electron chi connectivity index (χ0n) is 8.80. The molecule has 0 spiro atoms. The Morgan fingerprint density at radius 1 is 1.53 bits per heavy atom. The number of hydrogen-bond donors (Lipinski definition) is 1. The van der Waals surface area contributed by atoms with Gasteiger partial charge in [-0.05, 0) is 12.1 Å². The van der Waals surface area contributed by atoms with Crippen LogP contribution in [0.2, 0.25) is 5.02 Å². The Labute approximate surface area is 102 Å². The van der Waals surface area contributed by atoms with Gasteiger partial charge < -0.3 is 10.6 Å². The summed E-state index contributed by atoms with van der Waals surface area (Å²) in [5.74, 6) is -0.220. The Kier molecular flexibility index (Phi) is 2.99. The van der Waals surface area contributed by atoms with E-state index in [1.54, 1.807) is 0 Å². The van der Waals surface area contributed by atoms with Crippen molar-refractivity contribution in [1.29, 1.82) is 0 Å². The van der Waals surface area contributed by atoms with E-state index in [1.807, 2.05) is 0 Å². The zero-order chi connectivity index (χ0) is 12.6. The molecule has 1 unspecified atom stereocenters. The summed E-state index contributed by atoms with van der Waals surface area (Å²) in [5.41, 5.74) is 5.72. The molecule has 1 saturated heterocycles. The van der Waals surface area contributed by atoms with Gasteiger partial charge in [-0.1, -0.05) is 11.6 Å². The number of hydrogen-bond acceptors (Lipinski definition) is 4. The molecule has 6 nitrogen and oxygen atoms in total. The van der Waals surface area contributed by atoms with Crippen molar-refractivity contribution >= 4 is 28.9 Å². The normalized spacial score (nSPS) is 19.8. The van der Waals surface area contributed by atoms with E-state index < -0.39 is 4.92 Å². The molecular weight excluding hydrogens is 246 g/mol. The molecule has 0 bridgehead atoms. The Morgan fingerprint density at radius 3 is 2.76 bits per heavy atom. The first-order valence-electron chi connectivity index (χ1n) is 4.99. The Bertz CT molecular complexity index is 492. The quantitative estimate of drug-likeness (QED) is 0.637. The zero-order valence-corrected chi connectivity index (χ0v) is 9.55. The van der Waals surface area contributed by atoms with Crippen LogP contribution in [0.1, 0.15) is 6.42 Å². The van der Waals surface area contributed by atoms with Crippen molar-refractivity contribution < 1.29 is 9.72 Å².